The van der Waals surface area contributed by atoms with E-state index in [2.05, 4.69) is 9.73 Å². The van der Waals surface area contributed by atoms with Crippen LogP contribution in [0.2, 0.25) is 0 Å². The number of benzene rings is 1. The molecule has 1 rings (SSSR count). The first-order valence-corrected chi connectivity index (χ1v) is 4.61. The van der Waals surface area contributed by atoms with Crippen molar-refractivity contribution in [2.45, 2.75) is 0 Å². The average Bonchev–Trinajstić information content (AvgIpc) is 2.31. The summed E-state index contributed by atoms with van der Waals surface area (Å²) < 4.78 is 9.35. The Balaban J connectivity index is 2.77. The van der Waals surface area contributed by atoms with E-state index in [1.54, 1.807) is 18.2 Å². The summed E-state index contributed by atoms with van der Waals surface area (Å²) in [6.45, 7) is -0.0762. The third kappa shape index (κ3) is 2.98. The molecule has 0 aliphatic rings. The topological polar surface area (TPSA) is 68.1 Å². The smallest absolute Gasteiger partial charge is 0.327 e. The van der Waals surface area contributed by atoms with Crippen molar-refractivity contribution in [3.8, 4) is 11.5 Å². The van der Waals surface area contributed by atoms with Crippen molar-refractivity contribution >= 4 is 12.2 Å². The maximum Gasteiger partial charge on any atom is 0.327 e. The van der Waals surface area contributed by atoms with Crippen LogP contribution in [0.5, 0.6) is 11.5 Å². The van der Waals surface area contributed by atoms with Gasteiger partial charge < -0.3 is 14.6 Å². The maximum absolute atomic E-state index is 10.8. The number of carbonyl (C=O) groups is 1. The minimum atomic E-state index is -0.432. The average molecular weight is 223 g/mol. The summed E-state index contributed by atoms with van der Waals surface area (Å²) in [5, 5.41) is 9.68. The number of phenols is 1. The second-order valence-electron chi connectivity index (χ2n) is 2.94. The fourth-order valence-electron chi connectivity index (χ4n) is 1.09. The molecule has 0 atom stereocenters. The van der Waals surface area contributed by atoms with Crippen LogP contribution in [0.25, 0.3) is 0 Å². The highest BCUT2D eigenvalue weighted by Gasteiger charge is 2.04. The Morgan fingerprint density at radius 3 is 2.88 bits per heavy atom. The van der Waals surface area contributed by atoms with Crippen LogP contribution in [0.1, 0.15) is 5.56 Å². The predicted molar refractivity (Wildman–Crippen MR) is 59.1 cm³/mol. The van der Waals surface area contributed by atoms with Crippen LogP contribution < -0.4 is 4.74 Å². The molecule has 5 nitrogen and oxygen atoms in total. The number of rotatable bonds is 4. The summed E-state index contributed by atoms with van der Waals surface area (Å²) in [6, 6.07) is 5.02. The third-order valence-corrected chi connectivity index (χ3v) is 1.93. The Bertz CT molecular complexity index is 401. The zero-order chi connectivity index (χ0) is 12.0. The fraction of sp³-hybridized carbons (Fsp3) is 0.273. The van der Waals surface area contributed by atoms with Crippen molar-refractivity contribution < 1.29 is 19.4 Å². The lowest BCUT2D eigenvalue weighted by atomic mass is 10.2. The summed E-state index contributed by atoms with van der Waals surface area (Å²) in [5.74, 6) is -0.0701. The fourth-order valence-corrected chi connectivity index (χ4v) is 1.09. The Morgan fingerprint density at radius 2 is 2.25 bits per heavy atom. The Hall–Kier alpha value is -2.04. The number of nitrogens with zero attached hydrogens (tertiary/aromatic N) is 1. The molecule has 1 N–H and O–H groups in total. The van der Waals surface area contributed by atoms with E-state index < -0.39 is 5.97 Å². The summed E-state index contributed by atoms with van der Waals surface area (Å²) in [7, 11) is 2.76. The monoisotopic (exact) mass is 223 g/mol. The van der Waals surface area contributed by atoms with Crippen molar-refractivity contribution in [3.05, 3.63) is 23.8 Å². The molecule has 5 heteroatoms. The Kier molecular flexibility index (Phi) is 4.32. The minimum absolute atomic E-state index is 0.00128. The highest BCUT2D eigenvalue weighted by molar-refractivity contribution is 5.86. The summed E-state index contributed by atoms with van der Waals surface area (Å²) in [4.78, 5) is 14.6. The molecule has 0 amide bonds. The van der Waals surface area contributed by atoms with Crippen LogP contribution in [0.3, 0.4) is 0 Å². The van der Waals surface area contributed by atoms with Crippen molar-refractivity contribution in [2.75, 3.05) is 20.8 Å². The first-order valence-electron chi connectivity index (χ1n) is 4.61. The number of aromatic hydroxyl groups is 1. The van der Waals surface area contributed by atoms with Crippen LogP contribution >= 0.6 is 0 Å². The molecule has 0 aromatic heterocycles. The molecule has 0 saturated carbocycles. The zero-order valence-corrected chi connectivity index (χ0v) is 9.14. The van der Waals surface area contributed by atoms with Crippen LogP contribution in [-0.2, 0) is 9.53 Å². The largest absolute Gasteiger partial charge is 0.504 e. The lowest BCUT2D eigenvalue weighted by Gasteiger charge is -2.04. The highest BCUT2D eigenvalue weighted by Crippen LogP contribution is 2.27. The number of carbonyl (C=O) groups excluding carboxylic acids is 1. The number of para-hydroxylation sites is 1. The van der Waals surface area contributed by atoms with Crippen molar-refractivity contribution in [2.24, 2.45) is 4.99 Å². The van der Waals surface area contributed by atoms with Gasteiger partial charge in [0.1, 0.15) is 6.54 Å². The second kappa shape index (κ2) is 5.75. The first kappa shape index (κ1) is 12.0. The molecule has 0 bridgehead atoms. The number of ether oxygens (including phenoxy) is 2. The Morgan fingerprint density at radius 1 is 1.50 bits per heavy atom. The molecule has 0 aliphatic carbocycles. The van der Waals surface area contributed by atoms with E-state index in [0.29, 0.717) is 11.3 Å². The van der Waals surface area contributed by atoms with Gasteiger partial charge in [-0.25, -0.2) is 0 Å². The van der Waals surface area contributed by atoms with Crippen LogP contribution in [-0.4, -0.2) is 38.1 Å². The van der Waals surface area contributed by atoms with Gasteiger partial charge in [-0.1, -0.05) is 6.07 Å². The lowest BCUT2D eigenvalue weighted by molar-refractivity contribution is -0.138. The standard InChI is InChI=1S/C11H13NO4/c1-15-9-5-3-4-8(11(9)14)6-12-7-10(13)16-2/h3-6,14H,7H2,1-2H3. The van der Waals surface area contributed by atoms with Gasteiger partial charge in [0, 0.05) is 11.8 Å². The van der Waals surface area contributed by atoms with Crippen molar-refractivity contribution in [1.29, 1.82) is 0 Å². The van der Waals surface area contributed by atoms with Gasteiger partial charge in [0.25, 0.3) is 0 Å². The molecule has 0 saturated heterocycles. The van der Waals surface area contributed by atoms with Crippen molar-refractivity contribution in [3.63, 3.8) is 0 Å². The van der Waals surface area contributed by atoms with E-state index in [4.69, 9.17) is 4.74 Å². The molecule has 0 spiro atoms. The molecular formula is C11H13NO4. The number of methoxy groups -OCH3 is 2. The minimum Gasteiger partial charge on any atom is -0.504 e. The molecule has 0 unspecified atom stereocenters. The van der Waals surface area contributed by atoms with E-state index in [0.717, 1.165) is 0 Å². The van der Waals surface area contributed by atoms with Gasteiger partial charge in [-0.05, 0) is 12.1 Å². The van der Waals surface area contributed by atoms with E-state index >= 15 is 0 Å². The molecule has 0 fully saturated rings. The normalized spacial score (nSPS) is 10.4. The lowest BCUT2D eigenvalue weighted by Crippen LogP contribution is -2.04. The Labute approximate surface area is 93.3 Å². The number of aliphatic imine (C=N–C) groups is 1. The van der Waals surface area contributed by atoms with E-state index in [1.165, 1.54) is 20.4 Å². The van der Waals surface area contributed by atoms with Crippen LogP contribution in [0.15, 0.2) is 23.2 Å². The molecule has 1 aromatic carbocycles. The molecule has 0 heterocycles. The number of esters is 1. The SMILES string of the molecule is COC(=O)CN=Cc1cccc(OC)c1O. The molecule has 1 aromatic rings. The summed E-state index contributed by atoms with van der Waals surface area (Å²) in [5.41, 5.74) is 0.489. The van der Waals surface area contributed by atoms with Gasteiger partial charge in [0.2, 0.25) is 0 Å². The highest BCUT2D eigenvalue weighted by atomic mass is 16.5. The van der Waals surface area contributed by atoms with Crippen LogP contribution in [0, 0.1) is 0 Å². The molecule has 16 heavy (non-hydrogen) atoms. The van der Waals surface area contributed by atoms with Gasteiger partial charge in [0.15, 0.2) is 11.5 Å². The molecule has 0 radical (unpaired) electrons. The number of hydrogen-bond donors (Lipinski definition) is 1. The molecular weight excluding hydrogens is 210 g/mol. The predicted octanol–water partition coefficient (Wildman–Crippen LogP) is 0.993. The molecule has 86 valence electrons. The maximum atomic E-state index is 10.8. The van der Waals surface area contributed by atoms with Crippen molar-refractivity contribution in [1.82, 2.24) is 0 Å². The van der Waals surface area contributed by atoms with Crippen LogP contribution in [0.4, 0.5) is 0 Å². The van der Waals surface area contributed by atoms with Gasteiger partial charge >= 0.3 is 5.97 Å². The van der Waals surface area contributed by atoms with E-state index in [1.807, 2.05) is 0 Å². The summed E-state index contributed by atoms with van der Waals surface area (Å²) in [6.07, 6.45) is 1.40. The van der Waals surface area contributed by atoms with Gasteiger partial charge in [-0.3, -0.25) is 9.79 Å². The van der Waals surface area contributed by atoms with Gasteiger partial charge in [0.05, 0.1) is 14.2 Å². The summed E-state index contributed by atoms with van der Waals surface area (Å²) >= 11 is 0. The quantitative estimate of drug-likeness (QED) is 0.610. The third-order valence-electron chi connectivity index (χ3n) is 1.93. The number of phenolic OH excluding ortho intramolecular Hbond substituents is 1. The number of hydrogen-bond acceptors (Lipinski definition) is 5. The van der Waals surface area contributed by atoms with Gasteiger partial charge in [-0.2, -0.15) is 0 Å². The first-order chi connectivity index (χ1) is 7.69. The van der Waals surface area contributed by atoms with E-state index in [9.17, 15) is 9.90 Å². The molecule has 0 aliphatic heterocycles. The van der Waals surface area contributed by atoms with Gasteiger partial charge in [-0.15, -0.1) is 0 Å². The second-order valence-corrected chi connectivity index (χ2v) is 2.94. The van der Waals surface area contributed by atoms with E-state index in [-0.39, 0.29) is 12.3 Å². The zero-order valence-electron chi connectivity index (χ0n) is 9.14.